The summed E-state index contributed by atoms with van der Waals surface area (Å²) in [5, 5.41) is 3.97. The summed E-state index contributed by atoms with van der Waals surface area (Å²) in [4.78, 5) is 19.9. The fraction of sp³-hybridized carbons (Fsp3) is 0.250. The Morgan fingerprint density at radius 3 is 2.39 bits per heavy atom. The van der Waals surface area contributed by atoms with E-state index in [0.29, 0.717) is 28.0 Å². The van der Waals surface area contributed by atoms with Crippen molar-refractivity contribution in [2.45, 2.75) is 13.8 Å². The topological polar surface area (TPSA) is 66.8 Å². The van der Waals surface area contributed by atoms with Crippen molar-refractivity contribution in [3.05, 3.63) is 41.7 Å². The number of aromatic nitrogens is 4. The minimum atomic E-state index is 0.570. The number of rotatable bonds is 5. The van der Waals surface area contributed by atoms with Crippen LogP contribution in [0, 0.1) is 0 Å². The van der Waals surface area contributed by atoms with Crippen LogP contribution in [0.5, 0.6) is 0 Å². The van der Waals surface area contributed by atoms with E-state index in [1.807, 2.05) is 24.3 Å². The van der Waals surface area contributed by atoms with E-state index in [-0.39, 0.29) is 0 Å². The Balaban J connectivity index is 2.07. The van der Waals surface area contributed by atoms with E-state index >= 15 is 0 Å². The van der Waals surface area contributed by atoms with Crippen LogP contribution in [0.1, 0.15) is 13.8 Å². The Morgan fingerprint density at radius 1 is 1.00 bits per heavy atom. The van der Waals surface area contributed by atoms with E-state index in [9.17, 15) is 0 Å². The van der Waals surface area contributed by atoms with Gasteiger partial charge in [0.2, 0.25) is 5.95 Å². The Morgan fingerprint density at radius 2 is 1.70 bits per heavy atom. The van der Waals surface area contributed by atoms with Gasteiger partial charge in [-0.15, -0.1) is 0 Å². The Bertz CT molecular complexity index is 801. The highest BCUT2D eigenvalue weighted by atomic mass is 35.5. The van der Waals surface area contributed by atoms with Gasteiger partial charge >= 0.3 is 0 Å². The highest BCUT2D eigenvalue weighted by Gasteiger charge is 2.13. The summed E-state index contributed by atoms with van der Waals surface area (Å²) in [5.41, 5.74) is 2.09. The fourth-order valence-corrected chi connectivity index (χ4v) is 2.38. The molecule has 0 aliphatic carbocycles. The molecule has 3 aromatic rings. The molecule has 0 aliphatic rings. The minimum absolute atomic E-state index is 0.570. The van der Waals surface area contributed by atoms with Gasteiger partial charge in [-0.3, -0.25) is 0 Å². The zero-order valence-corrected chi connectivity index (χ0v) is 13.7. The number of benzene rings is 1. The molecule has 0 amide bonds. The molecule has 6 nitrogen and oxygen atoms in total. The van der Waals surface area contributed by atoms with Gasteiger partial charge in [0, 0.05) is 36.2 Å². The lowest BCUT2D eigenvalue weighted by Crippen LogP contribution is -2.24. The molecule has 0 bridgehead atoms. The molecule has 118 valence electrons. The summed E-state index contributed by atoms with van der Waals surface area (Å²) >= 11 is 5.93. The first-order chi connectivity index (χ1) is 11.2. The Kier molecular flexibility index (Phi) is 4.52. The third kappa shape index (κ3) is 3.32. The lowest BCUT2D eigenvalue weighted by atomic mass is 10.3. The quantitative estimate of drug-likeness (QED) is 0.771. The number of fused-ring (bicyclic) bond motifs is 1. The summed E-state index contributed by atoms with van der Waals surface area (Å²) in [7, 11) is 0. The molecular formula is C16H17ClN6. The second-order valence-electron chi connectivity index (χ2n) is 4.90. The van der Waals surface area contributed by atoms with Gasteiger partial charge in [0.05, 0.1) is 0 Å². The largest absolute Gasteiger partial charge is 0.341 e. The number of hydrogen-bond donors (Lipinski definition) is 1. The van der Waals surface area contributed by atoms with Gasteiger partial charge in [-0.2, -0.15) is 9.97 Å². The smallest absolute Gasteiger partial charge is 0.229 e. The van der Waals surface area contributed by atoms with Crippen LogP contribution in [0.2, 0.25) is 5.02 Å². The first-order valence-electron chi connectivity index (χ1n) is 7.47. The van der Waals surface area contributed by atoms with Crippen LogP contribution in [0.4, 0.5) is 17.5 Å². The van der Waals surface area contributed by atoms with E-state index in [0.717, 1.165) is 18.8 Å². The van der Waals surface area contributed by atoms with E-state index < -0.39 is 0 Å². The van der Waals surface area contributed by atoms with Crippen molar-refractivity contribution < 1.29 is 0 Å². The standard InChI is InChI=1S/C16H17ClN6/c1-3-23(4-2)16-21-14-13(18-9-10-19-14)15(22-16)20-12-7-5-11(17)6-8-12/h5-10H,3-4H2,1-2H3,(H,19,20,21,22). The molecule has 0 spiro atoms. The van der Waals surface area contributed by atoms with Crippen LogP contribution in [0.3, 0.4) is 0 Å². The first kappa shape index (κ1) is 15.4. The van der Waals surface area contributed by atoms with Crippen LogP contribution < -0.4 is 10.2 Å². The van der Waals surface area contributed by atoms with Crippen molar-refractivity contribution >= 4 is 40.2 Å². The Labute approximate surface area is 139 Å². The van der Waals surface area contributed by atoms with E-state index in [2.05, 4.69) is 44.0 Å². The minimum Gasteiger partial charge on any atom is -0.341 e. The van der Waals surface area contributed by atoms with Gasteiger partial charge < -0.3 is 10.2 Å². The van der Waals surface area contributed by atoms with E-state index in [1.54, 1.807) is 12.4 Å². The highest BCUT2D eigenvalue weighted by molar-refractivity contribution is 6.30. The molecule has 0 fully saturated rings. The lowest BCUT2D eigenvalue weighted by Gasteiger charge is -2.19. The van der Waals surface area contributed by atoms with Crippen molar-refractivity contribution in [3.63, 3.8) is 0 Å². The van der Waals surface area contributed by atoms with Crippen molar-refractivity contribution in [1.82, 2.24) is 19.9 Å². The zero-order chi connectivity index (χ0) is 16.2. The second kappa shape index (κ2) is 6.75. The maximum atomic E-state index is 5.93. The fourth-order valence-electron chi connectivity index (χ4n) is 2.26. The third-order valence-electron chi connectivity index (χ3n) is 3.47. The molecule has 2 aromatic heterocycles. The van der Waals surface area contributed by atoms with Crippen LogP contribution in [0.15, 0.2) is 36.7 Å². The van der Waals surface area contributed by atoms with Crippen molar-refractivity contribution in [3.8, 4) is 0 Å². The number of hydrogen-bond acceptors (Lipinski definition) is 6. The molecule has 7 heteroatoms. The van der Waals surface area contributed by atoms with Crippen molar-refractivity contribution in [2.24, 2.45) is 0 Å². The molecule has 1 N–H and O–H groups in total. The van der Waals surface area contributed by atoms with Crippen LogP contribution in [0.25, 0.3) is 11.2 Å². The van der Waals surface area contributed by atoms with Gasteiger partial charge in [0.25, 0.3) is 0 Å². The zero-order valence-electron chi connectivity index (χ0n) is 13.0. The lowest BCUT2D eigenvalue weighted by molar-refractivity contribution is 0.825. The molecule has 3 rings (SSSR count). The molecule has 1 aromatic carbocycles. The van der Waals surface area contributed by atoms with Gasteiger partial charge in [-0.1, -0.05) is 11.6 Å². The molecule has 0 unspecified atom stereocenters. The summed E-state index contributed by atoms with van der Waals surface area (Å²) in [6.07, 6.45) is 3.27. The van der Waals surface area contributed by atoms with Crippen LogP contribution in [-0.4, -0.2) is 33.0 Å². The van der Waals surface area contributed by atoms with Gasteiger partial charge in [0.1, 0.15) is 0 Å². The maximum absolute atomic E-state index is 5.93. The maximum Gasteiger partial charge on any atom is 0.229 e. The molecule has 0 radical (unpaired) electrons. The number of halogens is 1. The predicted molar refractivity (Wildman–Crippen MR) is 93.4 cm³/mol. The van der Waals surface area contributed by atoms with Gasteiger partial charge in [-0.05, 0) is 38.1 Å². The average molecular weight is 329 g/mol. The predicted octanol–water partition coefficient (Wildman–Crippen LogP) is 3.66. The molecule has 2 heterocycles. The molecule has 23 heavy (non-hydrogen) atoms. The monoisotopic (exact) mass is 328 g/mol. The van der Waals surface area contributed by atoms with Crippen molar-refractivity contribution in [1.29, 1.82) is 0 Å². The summed E-state index contributed by atoms with van der Waals surface area (Å²) < 4.78 is 0. The van der Waals surface area contributed by atoms with Gasteiger partial charge in [0.15, 0.2) is 17.0 Å². The number of nitrogens with zero attached hydrogens (tertiary/aromatic N) is 5. The molecule has 0 atom stereocenters. The normalized spacial score (nSPS) is 10.7. The van der Waals surface area contributed by atoms with E-state index in [1.165, 1.54) is 0 Å². The second-order valence-corrected chi connectivity index (χ2v) is 5.34. The van der Waals surface area contributed by atoms with Crippen LogP contribution in [-0.2, 0) is 0 Å². The summed E-state index contributed by atoms with van der Waals surface area (Å²) in [6.45, 7) is 5.78. The third-order valence-corrected chi connectivity index (χ3v) is 3.73. The SMILES string of the molecule is CCN(CC)c1nc(Nc2ccc(Cl)cc2)c2nccnc2n1. The van der Waals surface area contributed by atoms with Crippen LogP contribution >= 0.6 is 11.6 Å². The highest BCUT2D eigenvalue weighted by Crippen LogP contribution is 2.24. The van der Waals surface area contributed by atoms with Gasteiger partial charge in [-0.25, -0.2) is 9.97 Å². The molecule has 0 saturated heterocycles. The van der Waals surface area contributed by atoms with Crippen molar-refractivity contribution in [2.75, 3.05) is 23.3 Å². The summed E-state index contributed by atoms with van der Waals surface area (Å²) in [6, 6.07) is 7.43. The molecule has 0 saturated carbocycles. The first-order valence-corrected chi connectivity index (χ1v) is 7.85. The molecule has 0 aliphatic heterocycles. The Hall–Kier alpha value is -2.47. The molecular weight excluding hydrogens is 312 g/mol. The summed E-state index contributed by atoms with van der Waals surface area (Å²) in [5.74, 6) is 1.27. The number of nitrogens with one attached hydrogen (secondary N) is 1. The van der Waals surface area contributed by atoms with E-state index in [4.69, 9.17) is 11.6 Å². The number of anilines is 3. The average Bonchev–Trinajstić information content (AvgIpc) is 2.58.